The van der Waals surface area contributed by atoms with E-state index < -0.39 is 10.0 Å². The number of nitrogens with two attached hydrogens (primary N) is 2. The third kappa shape index (κ3) is 4.63. The van der Waals surface area contributed by atoms with Crippen LogP contribution in [0.25, 0.3) is 0 Å². The van der Waals surface area contributed by atoms with Crippen LogP contribution in [0.5, 0.6) is 0 Å². The van der Waals surface area contributed by atoms with Crippen molar-refractivity contribution in [3.05, 3.63) is 89.5 Å². The van der Waals surface area contributed by atoms with E-state index in [0.29, 0.717) is 12.1 Å². The predicted octanol–water partition coefficient (Wildman–Crippen LogP) is 2.64. The molecule has 0 atom stereocenters. The van der Waals surface area contributed by atoms with Crippen LogP contribution < -0.4 is 20.8 Å². The summed E-state index contributed by atoms with van der Waals surface area (Å²) in [5.74, 6) is -0.316. The van der Waals surface area contributed by atoms with Gasteiger partial charge in [0.15, 0.2) is 10.8 Å². The minimum atomic E-state index is -3.95. The number of fused-ring (bicyclic) bond motifs is 1. The van der Waals surface area contributed by atoms with Gasteiger partial charge in [-0.05, 0) is 55.0 Å². The summed E-state index contributed by atoms with van der Waals surface area (Å²) in [4.78, 5) is 15.0. The number of primary sulfonamides is 1. The number of carbonyl (C=O) groups is 1. The molecule has 168 valence electrons. The molecule has 4 rings (SSSR count). The van der Waals surface area contributed by atoms with Crippen LogP contribution in [0, 0.1) is 6.92 Å². The highest BCUT2D eigenvalue weighted by molar-refractivity contribution is 7.89. The number of nitrogens with zero attached hydrogens (tertiary/aromatic N) is 3. The van der Waals surface area contributed by atoms with Crippen molar-refractivity contribution in [2.24, 2.45) is 16.0 Å². The molecule has 0 fully saturated rings. The van der Waals surface area contributed by atoms with Gasteiger partial charge in [-0.1, -0.05) is 48.0 Å². The highest BCUT2D eigenvalue weighted by Gasteiger charge is 2.35. The fraction of sp³-hybridized carbons (Fsp3) is 0.0870. The van der Waals surface area contributed by atoms with Crippen LogP contribution in [-0.4, -0.2) is 25.1 Å². The normalized spacial score (nSPS) is 14.4. The van der Waals surface area contributed by atoms with Gasteiger partial charge in [0, 0.05) is 5.56 Å². The molecular formula is C23H21N5O3S2. The lowest BCUT2D eigenvalue weighted by Gasteiger charge is -2.19. The first kappa shape index (κ1) is 22.6. The minimum Gasteiger partial charge on any atom is -0.374 e. The molecule has 4 N–H and O–H groups in total. The molecule has 3 aromatic rings. The van der Waals surface area contributed by atoms with Crippen molar-refractivity contribution in [2.75, 3.05) is 9.91 Å². The number of carbonyl (C=O) groups excluding carboxylic acids is 1. The minimum absolute atomic E-state index is 0.124. The monoisotopic (exact) mass is 479 g/mol. The van der Waals surface area contributed by atoms with Crippen LogP contribution in [0.15, 0.2) is 82.8 Å². The van der Waals surface area contributed by atoms with E-state index in [0.717, 1.165) is 21.8 Å². The molecule has 3 aromatic carbocycles. The smallest absolute Gasteiger partial charge is 0.279 e. The maximum absolute atomic E-state index is 13.5. The Bertz CT molecular complexity index is 1390. The molecule has 1 aliphatic rings. The quantitative estimate of drug-likeness (QED) is 0.429. The number of hydrogen-bond donors (Lipinski definition) is 2. The molecule has 0 unspecified atom stereocenters. The van der Waals surface area contributed by atoms with Crippen molar-refractivity contribution in [1.82, 2.24) is 0 Å². The highest BCUT2D eigenvalue weighted by Crippen LogP contribution is 2.32. The number of amides is 1. The van der Waals surface area contributed by atoms with Gasteiger partial charge in [0.05, 0.1) is 22.8 Å². The fourth-order valence-electron chi connectivity index (χ4n) is 3.57. The predicted molar refractivity (Wildman–Crippen MR) is 132 cm³/mol. The van der Waals surface area contributed by atoms with Gasteiger partial charge >= 0.3 is 0 Å². The SMILES string of the molecule is Cc1ccc2c(c1)/C(=N/N(C(N)=S)c1cccc(S(N)(=O)=O)c1)C(=O)N2Cc1ccccc1. The van der Waals surface area contributed by atoms with Crippen molar-refractivity contribution in [3.8, 4) is 0 Å². The Morgan fingerprint density at radius 3 is 2.45 bits per heavy atom. The summed E-state index contributed by atoms with van der Waals surface area (Å²) in [6.45, 7) is 2.28. The number of anilines is 2. The average Bonchev–Trinajstić information content (AvgIpc) is 3.02. The lowest BCUT2D eigenvalue weighted by Crippen LogP contribution is -2.35. The maximum atomic E-state index is 13.5. The van der Waals surface area contributed by atoms with Crippen molar-refractivity contribution in [3.63, 3.8) is 0 Å². The van der Waals surface area contributed by atoms with Gasteiger partial charge in [-0.3, -0.25) is 4.79 Å². The first-order valence-electron chi connectivity index (χ1n) is 9.93. The highest BCUT2D eigenvalue weighted by atomic mass is 32.2. The summed E-state index contributed by atoms with van der Waals surface area (Å²) in [5, 5.41) is 10.7. The number of hydrazone groups is 1. The number of rotatable bonds is 5. The Morgan fingerprint density at radius 2 is 1.79 bits per heavy atom. The topological polar surface area (TPSA) is 122 Å². The molecule has 0 aromatic heterocycles. The molecule has 0 saturated heterocycles. The Morgan fingerprint density at radius 1 is 1.06 bits per heavy atom. The van der Waals surface area contributed by atoms with Gasteiger partial charge in [0.25, 0.3) is 5.91 Å². The van der Waals surface area contributed by atoms with E-state index in [1.807, 2.05) is 55.5 Å². The van der Waals surface area contributed by atoms with Gasteiger partial charge in [-0.25, -0.2) is 18.6 Å². The van der Waals surface area contributed by atoms with Crippen LogP contribution in [0.3, 0.4) is 0 Å². The molecule has 0 spiro atoms. The zero-order valence-electron chi connectivity index (χ0n) is 17.7. The van der Waals surface area contributed by atoms with Crippen molar-refractivity contribution >= 4 is 50.3 Å². The van der Waals surface area contributed by atoms with Gasteiger partial charge in [0.2, 0.25) is 10.0 Å². The zero-order chi connectivity index (χ0) is 23.8. The summed E-state index contributed by atoms with van der Waals surface area (Å²) >= 11 is 5.16. The van der Waals surface area contributed by atoms with Crippen molar-refractivity contribution in [1.29, 1.82) is 0 Å². The second-order valence-corrected chi connectivity index (χ2v) is 9.52. The van der Waals surface area contributed by atoms with Crippen LogP contribution in [0.1, 0.15) is 16.7 Å². The van der Waals surface area contributed by atoms with Crippen molar-refractivity contribution in [2.45, 2.75) is 18.4 Å². The average molecular weight is 480 g/mol. The summed E-state index contributed by atoms with van der Waals surface area (Å²) in [5.41, 5.74) is 9.60. The second-order valence-electron chi connectivity index (χ2n) is 7.54. The molecule has 1 heterocycles. The lowest BCUT2D eigenvalue weighted by atomic mass is 10.1. The number of benzene rings is 3. The molecule has 0 bridgehead atoms. The Hall–Kier alpha value is -3.60. The summed E-state index contributed by atoms with van der Waals surface area (Å²) in [6, 6.07) is 21.0. The first-order valence-corrected chi connectivity index (χ1v) is 11.9. The van der Waals surface area contributed by atoms with Gasteiger partial charge in [-0.15, -0.1) is 0 Å². The van der Waals surface area contributed by atoms with Gasteiger partial charge in [0.1, 0.15) is 0 Å². The third-order valence-electron chi connectivity index (χ3n) is 5.13. The first-order chi connectivity index (χ1) is 15.6. The van der Waals surface area contributed by atoms with Gasteiger partial charge < -0.3 is 10.6 Å². The molecule has 0 aliphatic carbocycles. The van der Waals surface area contributed by atoms with E-state index in [-0.39, 0.29) is 27.3 Å². The molecule has 8 nitrogen and oxygen atoms in total. The summed E-state index contributed by atoms with van der Waals surface area (Å²) in [7, 11) is -3.95. The maximum Gasteiger partial charge on any atom is 0.279 e. The number of hydrogen-bond acceptors (Lipinski definition) is 5. The molecule has 0 saturated carbocycles. The van der Waals surface area contributed by atoms with Crippen LogP contribution >= 0.6 is 12.2 Å². The Balaban J connectivity index is 1.81. The fourth-order valence-corrected chi connectivity index (χ4v) is 4.27. The summed E-state index contributed by atoms with van der Waals surface area (Å²) in [6.07, 6.45) is 0. The van der Waals surface area contributed by atoms with Crippen LogP contribution in [-0.2, 0) is 21.4 Å². The van der Waals surface area contributed by atoms with Gasteiger partial charge in [-0.2, -0.15) is 5.10 Å². The molecular weight excluding hydrogens is 458 g/mol. The van der Waals surface area contributed by atoms with E-state index in [1.54, 1.807) is 11.0 Å². The Labute approximate surface area is 197 Å². The van der Waals surface area contributed by atoms with E-state index in [2.05, 4.69) is 5.10 Å². The van der Waals surface area contributed by atoms with Crippen LogP contribution in [0.2, 0.25) is 0 Å². The lowest BCUT2D eigenvalue weighted by molar-refractivity contribution is -0.112. The van der Waals surface area contributed by atoms with E-state index >= 15 is 0 Å². The molecule has 33 heavy (non-hydrogen) atoms. The molecule has 0 radical (unpaired) electrons. The molecule has 1 amide bonds. The third-order valence-corrected chi connectivity index (χ3v) is 6.21. The van der Waals surface area contributed by atoms with E-state index in [4.69, 9.17) is 23.1 Å². The van der Waals surface area contributed by atoms with E-state index in [9.17, 15) is 13.2 Å². The van der Waals surface area contributed by atoms with E-state index in [1.165, 1.54) is 18.2 Å². The second kappa shape index (κ2) is 8.74. The number of aryl methyl sites for hydroxylation is 1. The molecule has 10 heteroatoms. The number of sulfonamides is 1. The number of thiocarbonyl (C=S) groups is 1. The Kier molecular flexibility index (Phi) is 5.98. The standard InChI is InChI=1S/C23H21N5O3S2/c1-15-10-11-20-19(12-15)21(22(29)27(20)14-16-6-3-2-4-7-16)26-28(23(24)32)17-8-5-9-18(13-17)33(25,30)31/h2-13H,14H2,1H3,(H2,24,32)(H2,25,30,31)/b26-21-. The zero-order valence-corrected chi connectivity index (χ0v) is 19.3. The van der Waals surface area contributed by atoms with Crippen molar-refractivity contribution < 1.29 is 13.2 Å². The summed E-state index contributed by atoms with van der Waals surface area (Å²) < 4.78 is 23.6. The largest absolute Gasteiger partial charge is 0.374 e. The molecule has 1 aliphatic heterocycles. The van der Waals surface area contributed by atoms with Crippen LogP contribution in [0.4, 0.5) is 11.4 Å².